The van der Waals surface area contributed by atoms with Crippen LogP contribution in [0.3, 0.4) is 0 Å². The lowest BCUT2D eigenvalue weighted by Crippen LogP contribution is -2.70. The predicted octanol–water partition coefficient (Wildman–Crippen LogP) is 4.93. The number of carbonyl (C=O) groups excluding carboxylic acids is 3. The van der Waals surface area contributed by atoms with Gasteiger partial charge in [-0.3, -0.25) is 9.59 Å². The first-order valence-corrected chi connectivity index (χ1v) is 13.3. The average Bonchev–Trinajstić information content (AvgIpc) is 3.45. The predicted molar refractivity (Wildman–Crippen MR) is 129 cm³/mol. The molecule has 1 aromatic heterocycles. The van der Waals surface area contributed by atoms with Crippen molar-refractivity contribution in [2.45, 2.75) is 63.6 Å². The number of halogens is 3. The topological polar surface area (TPSA) is 93.8 Å². The molecule has 0 radical (unpaired) electrons. The van der Waals surface area contributed by atoms with E-state index in [0.717, 1.165) is 6.08 Å². The van der Waals surface area contributed by atoms with E-state index in [4.69, 9.17) is 9.15 Å². The first kappa shape index (κ1) is 26.3. The Kier molecular flexibility index (Phi) is 6.10. The van der Waals surface area contributed by atoms with Crippen LogP contribution in [0, 0.1) is 28.6 Å². The molecule has 4 aliphatic carbocycles. The zero-order chi connectivity index (χ0) is 27.0. The van der Waals surface area contributed by atoms with Crippen LogP contribution in [-0.4, -0.2) is 51.5 Å². The van der Waals surface area contributed by atoms with Crippen molar-refractivity contribution in [1.82, 2.24) is 0 Å². The molecule has 3 saturated carbocycles. The molecule has 0 bridgehead atoms. The molecule has 0 aromatic carbocycles. The molecule has 3 fully saturated rings. The standard InChI is InChI=1S/C27H29F3O6S/c1-14-9-16-17-11-19(29)18-10-15(31)6-7-24(18,2)26(17,30)21(32)12-25(16,3)27(14,23(34)37-13-28)36-22(33)20-5-4-8-35-20/h4-8,10,14,16-17,19,21,32H,9,11-13H2,1-3H3/t14-,16+,17+,19+,21?,24+,25+,26+,27+/m1/s1. The smallest absolute Gasteiger partial charge is 0.375 e. The molecule has 4 aliphatic rings. The molecule has 200 valence electrons. The van der Waals surface area contributed by atoms with Crippen LogP contribution in [0.1, 0.15) is 50.6 Å². The van der Waals surface area contributed by atoms with E-state index < -0.39 is 75.0 Å². The Morgan fingerprint density at radius 3 is 2.65 bits per heavy atom. The van der Waals surface area contributed by atoms with Gasteiger partial charge in [-0.2, -0.15) is 0 Å². The lowest BCUT2D eigenvalue weighted by molar-refractivity contribution is -0.221. The largest absolute Gasteiger partial charge is 0.457 e. The van der Waals surface area contributed by atoms with E-state index in [9.17, 15) is 23.9 Å². The summed E-state index contributed by atoms with van der Waals surface area (Å²) in [6.45, 7) is 4.79. The monoisotopic (exact) mass is 538 g/mol. The van der Waals surface area contributed by atoms with Gasteiger partial charge < -0.3 is 14.3 Å². The quantitative estimate of drug-likeness (QED) is 0.544. The van der Waals surface area contributed by atoms with Gasteiger partial charge in [0.25, 0.3) is 0 Å². The van der Waals surface area contributed by atoms with Gasteiger partial charge in [-0.15, -0.1) is 0 Å². The van der Waals surface area contributed by atoms with Gasteiger partial charge in [-0.05, 0) is 73.7 Å². The molecule has 0 saturated heterocycles. The van der Waals surface area contributed by atoms with E-state index >= 15 is 8.78 Å². The van der Waals surface area contributed by atoms with Crippen molar-refractivity contribution < 1.29 is 41.8 Å². The summed E-state index contributed by atoms with van der Waals surface area (Å²) in [5, 5.41) is 10.7. The maximum Gasteiger partial charge on any atom is 0.375 e. The third-order valence-electron chi connectivity index (χ3n) is 9.63. The Balaban J connectivity index is 1.64. The second-order valence-corrected chi connectivity index (χ2v) is 12.0. The summed E-state index contributed by atoms with van der Waals surface area (Å²) >= 11 is 0.352. The number of thioether (sulfide) groups is 1. The number of alkyl halides is 3. The lowest BCUT2D eigenvalue weighted by Gasteiger charge is -2.63. The highest BCUT2D eigenvalue weighted by Gasteiger charge is 2.78. The molecule has 5 rings (SSSR count). The summed E-state index contributed by atoms with van der Waals surface area (Å²) in [7, 11) is 0. The van der Waals surface area contributed by atoms with Crippen molar-refractivity contribution in [1.29, 1.82) is 0 Å². The van der Waals surface area contributed by atoms with E-state index in [0.29, 0.717) is 11.8 Å². The molecule has 1 unspecified atom stereocenters. The van der Waals surface area contributed by atoms with Gasteiger partial charge in [0.05, 0.1) is 12.4 Å². The second-order valence-electron chi connectivity index (χ2n) is 11.1. The van der Waals surface area contributed by atoms with E-state index in [1.165, 1.54) is 37.5 Å². The number of ketones is 1. The molecule has 37 heavy (non-hydrogen) atoms. The minimum atomic E-state index is -2.35. The molecule has 1 aromatic rings. The fourth-order valence-electron chi connectivity index (χ4n) is 7.97. The van der Waals surface area contributed by atoms with Gasteiger partial charge in [0.1, 0.15) is 12.2 Å². The van der Waals surface area contributed by atoms with Crippen LogP contribution in [0.15, 0.2) is 46.6 Å². The maximum absolute atomic E-state index is 17.4. The third-order valence-corrected chi connectivity index (χ3v) is 10.3. The van der Waals surface area contributed by atoms with Crippen LogP contribution in [0.4, 0.5) is 13.2 Å². The van der Waals surface area contributed by atoms with Crippen LogP contribution < -0.4 is 0 Å². The lowest BCUT2D eigenvalue weighted by atomic mass is 9.44. The summed E-state index contributed by atoms with van der Waals surface area (Å²) in [4.78, 5) is 38.7. The first-order chi connectivity index (χ1) is 17.4. The minimum absolute atomic E-state index is 0.00739. The summed E-state index contributed by atoms with van der Waals surface area (Å²) in [6.07, 6.45) is 1.16. The van der Waals surface area contributed by atoms with Gasteiger partial charge in [-0.25, -0.2) is 18.0 Å². The number of fused-ring (bicyclic) bond motifs is 5. The molecule has 1 N–H and O–H groups in total. The fourth-order valence-corrected chi connectivity index (χ4v) is 8.76. The van der Waals surface area contributed by atoms with Crippen LogP contribution in [0.5, 0.6) is 0 Å². The molecule has 0 amide bonds. The van der Waals surface area contributed by atoms with Crippen molar-refractivity contribution in [2.24, 2.45) is 28.6 Å². The molecule has 9 atom stereocenters. The Labute approximate surface area is 216 Å². The Bertz CT molecular complexity index is 1200. The van der Waals surface area contributed by atoms with Crippen molar-refractivity contribution in [3.8, 4) is 0 Å². The molecule has 6 nitrogen and oxygen atoms in total. The molecular formula is C27H29F3O6S. The normalized spacial score (nSPS) is 44.5. The van der Waals surface area contributed by atoms with Crippen molar-refractivity contribution in [3.05, 3.63) is 48.0 Å². The Morgan fingerprint density at radius 2 is 2.00 bits per heavy atom. The van der Waals surface area contributed by atoms with E-state index in [1.54, 1.807) is 13.8 Å². The first-order valence-electron chi connectivity index (χ1n) is 12.3. The zero-order valence-electron chi connectivity index (χ0n) is 20.7. The number of hydrogen-bond donors (Lipinski definition) is 1. The second kappa shape index (κ2) is 8.59. The minimum Gasteiger partial charge on any atom is -0.457 e. The number of furan rings is 1. The van der Waals surface area contributed by atoms with Crippen molar-refractivity contribution in [3.63, 3.8) is 0 Å². The number of carbonyl (C=O) groups is 3. The van der Waals surface area contributed by atoms with Crippen LogP contribution in [0.2, 0.25) is 0 Å². The molecule has 0 aliphatic heterocycles. The average molecular weight is 539 g/mol. The molecule has 1 heterocycles. The highest BCUT2D eigenvalue weighted by atomic mass is 32.2. The number of aliphatic hydroxyl groups is 1. The van der Waals surface area contributed by atoms with Gasteiger partial charge >= 0.3 is 5.97 Å². The maximum atomic E-state index is 17.4. The number of allylic oxidation sites excluding steroid dienone is 4. The SMILES string of the molecule is C[C@@H]1C[C@H]2[C@@H]3C[C@H](F)C4=CC(=O)C=C[C@]4(C)[C@@]3(F)C(O)C[C@]2(C)[C@@]1(OC(=O)c1ccco1)C(=O)SCF. The van der Waals surface area contributed by atoms with Crippen LogP contribution in [0.25, 0.3) is 0 Å². The molecular weight excluding hydrogens is 509 g/mol. The van der Waals surface area contributed by atoms with Gasteiger partial charge in [0.2, 0.25) is 10.9 Å². The summed E-state index contributed by atoms with van der Waals surface area (Å²) in [5.41, 5.74) is -7.19. The third kappa shape index (κ3) is 3.27. The van der Waals surface area contributed by atoms with Gasteiger partial charge in [0.15, 0.2) is 17.1 Å². The highest BCUT2D eigenvalue weighted by Crippen LogP contribution is 2.72. The summed E-state index contributed by atoms with van der Waals surface area (Å²) in [6, 6.07) is 1.78. The highest BCUT2D eigenvalue weighted by molar-refractivity contribution is 8.13. The molecule has 10 heteroatoms. The zero-order valence-corrected chi connectivity index (χ0v) is 21.5. The summed E-state index contributed by atoms with van der Waals surface area (Å²) in [5.74, 6) is -3.98. The Hall–Kier alpha value is -2.33. The van der Waals surface area contributed by atoms with E-state index in [1.807, 2.05) is 0 Å². The number of rotatable bonds is 4. The number of ether oxygens (including phenoxy) is 1. The van der Waals surface area contributed by atoms with Crippen LogP contribution >= 0.6 is 11.8 Å². The summed E-state index contributed by atoms with van der Waals surface area (Å²) < 4.78 is 57.5. The van der Waals surface area contributed by atoms with Crippen molar-refractivity contribution >= 4 is 28.6 Å². The van der Waals surface area contributed by atoms with E-state index in [2.05, 4.69) is 0 Å². The van der Waals surface area contributed by atoms with Crippen LogP contribution in [-0.2, 0) is 14.3 Å². The molecule has 0 spiro atoms. The Morgan fingerprint density at radius 1 is 1.27 bits per heavy atom. The number of esters is 1. The number of aliphatic hydroxyl groups excluding tert-OH is 1. The fraction of sp³-hybridized carbons (Fsp3) is 0.593. The van der Waals surface area contributed by atoms with Crippen molar-refractivity contribution in [2.75, 3.05) is 6.01 Å². The van der Waals surface area contributed by atoms with Gasteiger partial charge in [0, 0.05) is 22.7 Å². The number of hydrogen-bond acceptors (Lipinski definition) is 7. The van der Waals surface area contributed by atoms with E-state index in [-0.39, 0.29) is 30.6 Å². The van der Waals surface area contributed by atoms with Gasteiger partial charge in [-0.1, -0.05) is 19.9 Å².